The Morgan fingerprint density at radius 1 is 1.40 bits per heavy atom. The van der Waals surface area contributed by atoms with Crippen LogP contribution in [0, 0.1) is 24.0 Å². The lowest BCUT2D eigenvalue weighted by atomic mass is 10.1. The number of aryl methyl sites for hydroxylation is 1. The van der Waals surface area contributed by atoms with E-state index in [1.54, 1.807) is 12.1 Å². The summed E-state index contributed by atoms with van der Waals surface area (Å²) in [6, 6.07) is 4.85. The van der Waals surface area contributed by atoms with Crippen molar-refractivity contribution in [3.63, 3.8) is 0 Å². The molecule has 0 amide bonds. The van der Waals surface area contributed by atoms with Crippen LogP contribution in [0.5, 0.6) is 0 Å². The predicted octanol–water partition coefficient (Wildman–Crippen LogP) is 3.67. The minimum absolute atomic E-state index is 0.0681. The molecule has 1 aromatic carbocycles. The number of benzene rings is 1. The first-order valence-electron chi connectivity index (χ1n) is 6.39. The summed E-state index contributed by atoms with van der Waals surface area (Å²) < 4.78 is 1.88. The fraction of sp³-hybridized carbons (Fsp3) is 0.357. The van der Waals surface area contributed by atoms with Crippen LogP contribution in [0.1, 0.15) is 29.4 Å². The predicted molar refractivity (Wildman–Crippen MR) is 78.3 cm³/mol. The van der Waals surface area contributed by atoms with Crippen molar-refractivity contribution in [2.75, 3.05) is 0 Å². The Kier molecular flexibility index (Phi) is 4.09. The van der Waals surface area contributed by atoms with E-state index in [-0.39, 0.29) is 10.7 Å². The number of hydrogen-bond donors (Lipinski definition) is 0. The molecule has 0 unspecified atom stereocenters. The van der Waals surface area contributed by atoms with Gasteiger partial charge in [-0.2, -0.15) is 5.10 Å². The molecule has 0 aliphatic carbocycles. The molecule has 1 aromatic heterocycles. The van der Waals surface area contributed by atoms with Crippen LogP contribution in [0.15, 0.2) is 18.2 Å². The van der Waals surface area contributed by atoms with Crippen molar-refractivity contribution in [3.8, 4) is 0 Å². The van der Waals surface area contributed by atoms with Gasteiger partial charge in [0.1, 0.15) is 5.02 Å². The SMILES string of the molecule is CCc1c(C)nn(Cc2ccc(Cl)c([N+](=O)[O-])c2)c1C. The highest BCUT2D eigenvalue weighted by Crippen LogP contribution is 2.26. The fourth-order valence-corrected chi connectivity index (χ4v) is 2.56. The van der Waals surface area contributed by atoms with E-state index in [1.807, 2.05) is 18.5 Å². The first kappa shape index (κ1) is 14.5. The number of aromatic nitrogens is 2. The number of halogens is 1. The maximum absolute atomic E-state index is 10.9. The normalized spacial score (nSPS) is 10.8. The third-order valence-electron chi connectivity index (χ3n) is 3.42. The summed E-state index contributed by atoms with van der Waals surface area (Å²) in [5, 5.41) is 15.5. The molecule has 106 valence electrons. The maximum atomic E-state index is 10.9. The molecular formula is C14H16ClN3O2. The van der Waals surface area contributed by atoms with Gasteiger partial charge in [0, 0.05) is 11.8 Å². The maximum Gasteiger partial charge on any atom is 0.288 e. The Labute approximate surface area is 122 Å². The third-order valence-corrected chi connectivity index (χ3v) is 3.74. The zero-order valence-corrected chi connectivity index (χ0v) is 12.4. The van der Waals surface area contributed by atoms with E-state index >= 15 is 0 Å². The molecule has 0 spiro atoms. The van der Waals surface area contributed by atoms with Crippen LogP contribution in [-0.2, 0) is 13.0 Å². The molecule has 0 aliphatic rings. The second-order valence-corrected chi connectivity index (χ2v) is 5.11. The number of rotatable bonds is 4. The lowest BCUT2D eigenvalue weighted by Crippen LogP contribution is -2.05. The summed E-state index contributed by atoms with van der Waals surface area (Å²) >= 11 is 5.81. The number of nitro benzene ring substituents is 1. The zero-order chi connectivity index (χ0) is 14.9. The summed E-state index contributed by atoms with van der Waals surface area (Å²) in [5.74, 6) is 0. The molecular weight excluding hydrogens is 278 g/mol. The van der Waals surface area contributed by atoms with Gasteiger partial charge in [0.2, 0.25) is 0 Å². The van der Waals surface area contributed by atoms with Crippen LogP contribution in [0.2, 0.25) is 5.02 Å². The topological polar surface area (TPSA) is 61.0 Å². The van der Waals surface area contributed by atoms with Gasteiger partial charge in [-0.25, -0.2) is 0 Å². The van der Waals surface area contributed by atoms with E-state index in [0.717, 1.165) is 23.4 Å². The Morgan fingerprint density at radius 2 is 2.10 bits per heavy atom. The van der Waals surface area contributed by atoms with Crippen LogP contribution in [-0.4, -0.2) is 14.7 Å². The summed E-state index contributed by atoms with van der Waals surface area (Å²) in [4.78, 5) is 10.4. The standard InChI is InChI=1S/C14H16ClN3O2/c1-4-12-9(2)16-17(10(12)3)8-11-5-6-13(15)14(7-11)18(19)20/h5-7H,4,8H2,1-3H3. The number of nitro groups is 1. The molecule has 0 saturated heterocycles. The van der Waals surface area contributed by atoms with Crippen LogP contribution >= 0.6 is 11.6 Å². The molecule has 0 atom stereocenters. The molecule has 5 nitrogen and oxygen atoms in total. The molecule has 20 heavy (non-hydrogen) atoms. The number of hydrogen-bond acceptors (Lipinski definition) is 3. The highest BCUT2D eigenvalue weighted by molar-refractivity contribution is 6.32. The van der Waals surface area contributed by atoms with Crippen molar-refractivity contribution in [1.29, 1.82) is 0 Å². The van der Waals surface area contributed by atoms with E-state index < -0.39 is 4.92 Å². The minimum atomic E-state index is -0.468. The molecule has 0 radical (unpaired) electrons. The average molecular weight is 294 g/mol. The molecule has 0 saturated carbocycles. The van der Waals surface area contributed by atoms with E-state index in [1.165, 1.54) is 11.6 Å². The lowest BCUT2D eigenvalue weighted by Gasteiger charge is -2.06. The highest BCUT2D eigenvalue weighted by atomic mass is 35.5. The second kappa shape index (κ2) is 5.63. The molecule has 0 N–H and O–H groups in total. The second-order valence-electron chi connectivity index (χ2n) is 4.70. The van der Waals surface area contributed by atoms with Crippen LogP contribution in [0.25, 0.3) is 0 Å². The Hall–Kier alpha value is -1.88. The molecule has 2 rings (SSSR count). The number of nitrogens with zero attached hydrogens (tertiary/aromatic N) is 3. The molecule has 2 aromatic rings. The van der Waals surface area contributed by atoms with Gasteiger partial charge in [-0.15, -0.1) is 0 Å². The highest BCUT2D eigenvalue weighted by Gasteiger charge is 2.14. The van der Waals surface area contributed by atoms with Gasteiger partial charge in [0.15, 0.2) is 0 Å². The molecule has 6 heteroatoms. The molecule has 0 fully saturated rings. The van der Waals surface area contributed by atoms with Gasteiger partial charge in [0.25, 0.3) is 5.69 Å². The van der Waals surface area contributed by atoms with Crippen molar-refractivity contribution in [2.45, 2.75) is 33.7 Å². The van der Waals surface area contributed by atoms with Crippen molar-refractivity contribution in [3.05, 3.63) is 55.9 Å². The van der Waals surface area contributed by atoms with Crippen molar-refractivity contribution < 1.29 is 4.92 Å². The Morgan fingerprint density at radius 3 is 2.65 bits per heavy atom. The van der Waals surface area contributed by atoms with Gasteiger partial charge in [0.05, 0.1) is 17.2 Å². The average Bonchev–Trinajstić information content (AvgIpc) is 2.66. The smallest absolute Gasteiger partial charge is 0.265 e. The van der Waals surface area contributed by atoms with E-state index in [2.05, 4.69) is 12.0 Å². The minimum Gasteiger partial charge on any atom is -0.265 e. The van der Waals surface area contributed by atoms with Crippen LogP contribution in [0.4, 0.5) is 5.69 Å². The Bertz CT molecular complexity index is 665. The van der Waals surface area contributed by atoms with Gasteiger partial charge in [-0.3, -0.25) is 14.8 Å². The van der Waals surface area contributed by atoms with Gasteiger partial charge >= 0.3 is 0 Å². The molecule has 0 aliphatic heterocycles. The third kappa shape index (κ3) is 2.67. The van der Waals surface area contributed by atoms with Crippen molar-refractivity contribution in [1.82, 2.24) is 9.78 Å². The van der Waals surface area contributed by atoms with Gasteiger partial charge in [-0.1, -0.05) is 24.6 Å². The quantitative estimate of drug-likeness (QED) is 0.638. The van der Waals surface area contributed by atoms with Gasteiger partial charge < -0.3 is 0 Å². The van der Waals surface area contributed by atoms with Crippen molar-refractivity contribution >= 4 is 17.3 Å². The Balaban J connectivity index is 2.35. The lowest BCUT2D eigenvalue weighted by molar-refractivity contribution is -0.384. The molecule has 0 bridgehead atoms. The zero-order valence-electron chi connectivity index (χ0n) is 11.7. The fourth-order valence-electron chi connectivity index (χ4n) is 2.37. The first-order valence-corrected chi connectivity index (χ1v) is 6.77. The molecule has 1 heterocycles. The van der Waals surface area contributed by atoms with Crippen LogP contribution in [0.3, 0.4) is 0 Å². The van der Waals surface area contributed by atoms with E-state index in [0.29, 0.717) is 6.54 Å². The van der Waals surface area contributed by atoms with E-state index in [4.69, 9.17) is 11.6 Å². The monoisotopic (exact) mass is 293 g/mol. The largest absolute Gasteiger partial charge is 0.288 e. The first-order chi connectivity index (χ1) is 9.43. The van der Waals surface area contributed by atoms with Crippen LogP contribution < -0.4 is 0 Å². The van der Waals surface area contributed by atoms with Gasteiger partial charge in [-0.05, 0) is 37.5 Å². The van der Waals surface area contributed by atoms with Crippen molar-refractivity contribution in [2.24, 2.45) is 0 Å². The summed E-state index contributed by atoms with van der Waals surface area (Å²) in [7, 11) is 0. The van der Waals surface area contributed by atoms with E-state index in [9.17, 15) is 10.1 Å². The summed E-state index contributed by atoms with van der Waals surface area (Å²) in [6.07, 6.45) is 0.929. The summed E-state index contributed by atoms with van der Waals surface area (Å²) in [5.41, 5.74) is 4.08. The summed E-state index contributed by atoms with van der Waals surface area (Å²) in [6.45, 7) is 6.59.